The Labute approximate surface area is 149 Å². The molecule has 0 aliphatic rings. The molecule has 0 amide bonds. The Morgan fingerprint density at radius 1 is 1.28 bits per heavy atom. The van der Waals surface area contributed by atoms with Gasteiger partial charge in [-0.05, 0) is 37.0 Å². The average Bonchev–Trinajstić information content (AvgIpc) is 2.96. The lowest BCUT2D eigenvalue weighted by molar-refractivity contribution is 0.647. The molecule has 0 aliphatic heterocycles. The number of furan rings is 1. The van der Waals surface area contributed by atoms with Gasteiger partial charge in [0.1, 0.15) is 5.58 Å². The third kappa shape index (κ3) is 3.32. The SMILES string of the molecule is C=CC(C)CNC(=C)c1c(CCC)ccc2c1oc1nc(C)ccc12. The first-order valence-electron chi connectivity index (χ1n) is 8.92. The van der Waals surface area contributed by atoms with E-state index in [9.17, 15) is 0 Å². The van der Waals surface area contributed by atoms with Crippen LogP contribution in [0.5, 0.6) is 0 Å². The second kappa shape index (κ2) is 7.14. The highest BCUT2D eigenvalue weighted by molar-refractivity contribution is 6.07. The minimum absolute atomic E-state index is 0.380. The van der Waals surface area contributed by atoms with Crippen molar-refractivity contribution in [2.45, 2.75) is 33.6 Å². The molecule has 0 radical (unpaired) electrons. The van der Waals surface area contributed by atoms with E-state index < -0.39 is 0 Å². The highest BCUT2D eigenvalue weighted by Gasteiger charge is 2.17. The van der Waals surface area contributed by atoms with Gasteiger partial charge in [0.15, 0.2) is 0 Å². The molecule has 1 unspecified atom stereocenters. The maximum atomic E-state index is 6.17. The Bertz CT molecular complexity index is 936. The van der Waals surface area contributed by atoms with Crippen molar-refractivity contribution < 1.29 is 4.42 Å². The van der Waals surface area contributed by atoms with Crippen molar-refractivity contribution in [1.82, 2.24) is 10.3 Å². The molecule has 0 fully saturated rings. The number of fused-ring (bicyclic) bond motifs is 3. The van der Waals surface area contributed by atoms with E-state index in [0.29, 0.717) is 11.6 Å². The van der Waals surface area contributed by atoms with Crippen LogP contribution in [0, 0.1) is 12.8 Å². The van der Waals surface area contributed by atoms with Gasteiger partial charge in [-0.1, -0.05) is 45.1 Å². The van der Waals surface area contributed by atoms with Gasteiger partial charge in [-0.15, -0.1) is 6.58 Å². The first-order chi connectivity index (χ1) is 12.0. The van der Waals surface area contributed by atoms with Crippen LogP contribution in [-0.4, -0.2) is 11.5 Å². The van der Waals surface area contributed by atoms with Crippen molar-refractivity contribution >= 4 is 27.8 Å². The largest absolute Gasteiger partial charge is 0.437 e. The lowest BCUT2D eigenvalue weighted by atomic mass is 9.97. The fraction of sp³-hybridized carbons (Fsp3) is 0.318. The molecule has 3 aromatic rings. The molecule has 0 saturated heterocycles. The second-order valence-electron chi connectivity index (χ2n) is 6.71. The molecule has 0 bridgehead atoms. The number of benzene rings is 1. The molecule has 3 rings (SSSR count). The van der Waals surface area contributed by atoms with Crippen LogP contribution < -0.4 is 5.32 Å². The van der Waals surface area contributed by atoms with Gasteiger partial charge in [0.25, 0.3) is 0 Å². The maximum absolute atomic E-state index is 6.17. The molecular formula is C22H26N2O. The van der Waals surface area contributed by atoms with Crippen molar-refractivity contribution in [3.63, 3.8) is 0 Å². The van der Waals surface area contributed by atoms with E-state index in [4.69, 9.17) is 4.42 Å². The van der Waals surface area contributed by atoms with Crippen molar-refractivity contribution in [1.29, 1.82) is 0 Å². The number of nitrogens with zero attached hydrogens (tertiary/aromatic N) is 1. The molecule has 0 aliphatic carbocycles. The van der Waals surface area contributed by atoms with Gasteiger partial charge in [-0.25, -0.2) is 4.98 Å². The van der Waals surface area contributed by atoms with E-state index in [2.05, 4.69) is 55.5 Å². The molecule has 3 nitrogen and oxygen atoms in total. The van der Waals surface area contributed by atoms with Crippen LogP contribution in [0.4, 0.5) is 0 Å². The highest BCUT2D eigenvalue weighted by atomic mass is 16.3. The third-order valence-electron chi connectivity index (χ3n) is 4.59. The number of hydrogen-bond donors (Lipinski definition) is 1. The molecule has 2 aromatic heterocycles. The number of aryl methyl sites for hydroxylation is 2. The smallest absolute Gasteiger partial charge is 0.227 e. The Kier molecular flexibility index (Phi) is 4.93. The monoisotopic (exact) mass is 334 g/mol. The molecule has 130 valence electrons. The zero-order chi connectivity index (χ0) is 18.0. The summed E-state index contributed by atoms with van der Waals surface area (Å²) in [5.74, 6) is 0.380. The van der Waals surface area contributed by atoms with Crippen LogP contribution in [0.25, 0.3) is 27.8 Å². The van der Waals surface area contributed by atoms with Crippen molar-refractivity contribution in [2.75, 3.05) is 6.54 Å². The van der Waals surface area contributed by atoms with Crippen LogP contribution in [0.2, 0.25) is 0 Å². The Morgan fingerprint density at radius 2 is 2.04 bits per heavy atom. The van der Waals surface area contributed by atoms with Crippen LogP contribution >= 0.6 is 0 Å². The molecule has 0 saturated carbocycles. The first-order valence-corrected chi connectivity index (χ1v) is 8.92. The van der Waals surface area contributed by atoms with Gasteiger partial charge in [-0.2, -0.15) is 0 Å². The van der Waals surface area contributed by atoms with Gasteiger partial charge in [0.05, 0.1) is 0 Å². The first kappa shape index (κ1) is 17.3. The fourth-order valence-electron chi connectivity index (χ4n) is 3.12. The van der Waals surface area contributed by atoms with E-state index in [1.54, 1.807) is 0 Å². The Hall–Kier alpha value is -2.55. The molecule has 1 atom stereocenters. The molecule has 25 heavy (non-hydrogen) atoms. The van der Waals surface area contributed by atoms with E-state index in [1.807, 2.05) is 19.1 Å². The average molecular weight is 334 g/mol. The number of hydrogen-bond acceptors (Lipinski definition) is 3. The van der Waals surface area contributed by atoms with E-state index in [-0.39, 0.29) is 0 Å². The third-order valence-corrected chi connectivity index (χ3v) is 4.59. The zero-order valence-corrected chi connectivity index (χ0v) is 15.4. The molecular weight excluding hydrogens is 308 g/mol. The van der Waals surface area contributed by atoms with Gasteiger partial charge in [0, 0.05) is 34.3 Å². The van der Waals surface area contributed by atoms with E-state index in [0.717, 1.165) is 52.7 Å². The molecule has 1 aromatic carbocycles. The lowest BCUT2D eigenvalue weighted by Gasteiger charge is -2.16. The van der Waals surface area contributed by atoms with Crippen LogP contribution in [-0.2, 0) is 6.42 Å². The van der Waals surface area contributed by atoms with E-state index in [1.165, 1.54) is 5.56 Å². The number of rotatable bonds is 7. The number of nitrogens with one attached hydrogen (secondary N) is 1. The lowest BCUT2D eigenvalue weighted by Crippen LogP contribution is -2.19. The minimum Gasteiger partial charge on any atom is -0.437 e. The van der Waals surface area contributed by atoms with E-state index >= 15 is 0 Å². The summed E-state index contributed by atoms with van der Waals surface area (Å²) in [5, 5.41) is 5.60. The van der Waals surface area contributed by atoms with Crippen LogP contribution in [0.3, 0.4) is 0 Å². The van der Waals surface area contributed by atoms with Gasteiger partial charge >= 0.3 is 0 Å². The van der Waals surface area contributed by atoms with Gasteiger partial charge < -0.3 is 9.73 Å². The summed E-state index contributed by atoms with van der Waals surface area (Å²) in [5.41, 5.74) is 5.76. The minimum atomic E-state index is 0.380. The van der Waals surface area contributed by atoms with Crippen molar-refractivity contribution in [3.8, 4) is 0 Å². The topological polar surface area (TPSA) is 38.1 Å². The normalized spacial score (nSPS) is 12.4. The fourth-order valence-corrected chi connectivity index (χ4v) is 3.12. The van der Waals surface area contributed by atoms with Crippen molar-refractivity contribution in [3.05, 3.63) is 60.3 Å². The summed E-state index contributed by atoms with van der Waals surface area (Å²) in [6, 6.07) is 8.45. The summed E-state index contributed by atoms with van der Waals surface area (Å²) in [4.78, 5) is 4.55. The zero-order valence-electron chi connectivity index (χ0n) is 15.4. The number of aromatic nitrogens is 1. The predicted molar refractivity (Wildman–Crippen MR) is 107 cm³/mol. The second-order valence-corrected chi connectivity index (χ2v) is 6.71. The highest BCUT2D eigenvalue weighted by Crippen LogP contribution is 2.34. The summed E-state index contributed by atoms with van der Waals surface area (Å²) in [7, 11) is 0. The van der Waals surface area contributed by atoms with Crippen LogP contribution in [0.1, 0.15) is 37.1 Å². The van der Waals surface area contributed by atoms with Crippen LogP contribution in [0.15, 0.2) is 47.9 Å². The summed E-state index contributed by atoms with van der Waals surface area (Å²) in [6.07, 6.45) is 4.01. The summed E-state index contributed by atoms with van der Waals surface area (Å²) >= 11 is 0. The van der Waals surface area contributed by atoms with Crippen molar-refractivity contribution in [2.24, 2.45) is 5.92 Å². The molecule has 3 heteroatoms. The summed E-state index contributed by atoms with van der Waals surface area (Å²) in [6.45, 7) is 15.2. The van der Waals surface area contributed by atoms with Gasteiger partial charge in [-0.3, -0.25) is 0 Å². The Morgan fingerprint density at radius 3 is 2.76 bits per heavy atom. The van der Waals surface area contributed by atoms with Gasteiger partial charge in [0.2, 0.25) is 5.71 Å². The molecule has 2 heterocycles. The number of pyridine rings is 1. The Balaban J connectivity index is 2.14. The molecule has 1 N–H and O–H groups in total. The molecule has 0 spiro atoms. The maximum Gasteiger partial charge on any atom is 0.227 e. The predicted octanol–water partition coefficient (Wildman–Crippen LogP) is 5.62. The summed E-state index contributed by atoms with van der Waals surface area (Å²) < 4.78 is 6.17. The standard InChI is InChI=1S/C22H26N2O/c1-6-8-17-10-12-18-19-11-9-15(4)24-22(19)25-21(18)20(17)16(5)23-13-14(3)7-2/h7,9-12,14,23H,2,5-6,8,13H2,1,3-4H3. The quantitative estimate of drug-likeness (QED) is 0.569.